The molecular formula is C67H108O5. The van der Waals surface area contributed by atoms with Gasteiger partial charge in [-0.05, 0) is 128 Å². The Bertz CT molecular complexity index is 1540. The van der Waals surface area contributed by atoms with E-state index in [1.165, 1.54) is 77.0 Å². The molecule has 0 spiro atoms. The molecule has 0 amide bonds. The van der Waals surface area contributed by atoms with E-state index in [4.69, 9.17) is 14.2 Å². The summed E-state index contributed by atoms with van der Waals surface area (Å²) in [5.41, 5.74) is 0. The fraction of sp³-hybridized carbons (Fsp3) is 0.612. The Hall–Kier alpha value is -4.22. The largest absolute Gasteiger partial charge is 0.462 e. The van der Waals surface area contributed by atoms with E-state index in [-0.39, 0.29) is 25.2 Å². The number of unbranched alkanes of at least 4 members (excludes halogenated alkanes) is 17. The quantitative estimate of drug-likeness (QED) is 0.0345. The zero-order valence-electron chi connectivity index (χ0n) is 46.6. The highest BCUT2D eigenvalue weighted by molar-refractivity contribution is 5.70. The first kappa shape index (κ1) is 67.8. The fourth-order valence-corrected chi connectivity index (χ4v) is 7.56. The van der Waals surface area contributed by atoms with Crippen molar-refractivity contribution in [3.63, 3.8) is 0 Å². The summed E-state index contributed by atoms with van der Waals surface area (Å²) in [6, 6.07) is 0. The van der Waals surface area contributed by atoms with Gasteiger partial charge in [-0.3, -0.25) is 9.59 Å². The molecule has 1 atom stereocenters. The highest BCUT2D eigenvalue weighted by Gasteiger charge is 2.17. The normalized spacial score (nSPS) is 13.3. The molecule has 1 unspecified atom stereocenters. The van der Waals surface area contributed by atoms with Crippen molar-refractivity contribution in [2.24, 2.45) is 0 Å². The van der Waals surface area contributed by atoms with Crippen molar-refractivity contribution >= 4 is 11.9 Å². The zero-order chi connectivity index (χ0) is 52.0. The minimum absolute atomic E-state index is 0.0236. The summed E-state index contributed by atoms with van der Waals surface area (Å²) in [7, 11) is 0. The lowest BCUT2D eigenvalue weighted by Crippen LogP contribution is -2.30. The van der Waals surface area contributed by atoms with E-state index in [9.17, 15) is 9.59 Å². The van der Waals surface area contributed by atoms with Gasteiger partial charge >= 0.3 is 11.9 Å². The first-order valence-electron chi connectivity index (χ1n) is 29.4. The molecular weight excluding hydrogens is 885 g/mol. The van der Waals surface area contributed by atoms with Crippen LogP contribution >= 0.6 is 0 Å². The first-order chi connectivity index (χ1) is 35.6. The van der Waals surface area contributed by atoms with Gasteiger partial charge in [-0.25, -0.2) is 0 Å². The minimum atomic E-state index is -0.595. The van der Waals surface area contributed by atoms with E-state index < -0.39 is 6.10 Å². The third kappa shape index (κ3) is 58.4. The number of carbonyl (C=O) groups is 2. The lowest BCUT2D eigenvalue weighted by Gasteiger charge is -2.18. The van der Waals surface area contributed by atoms with Crippen molar-refractivity contribution in [3.05, 3.63) is 146 Å². The third-order valence-electron chi connectivity index (χ3n) is 11.9. The van der Waals surface area contributed by atoms with Crippen LogP contribution in [0.25, 0.3) is 0 Å². The van der Waals surface area contributed by atoms with Gasteiger partial charge in [0.1, 0.15) is 6.61 Å². The molecule has 0 rings (SSSR count). The Kier molecular flexibility index (Phi) is 57.5. The predicted octanol–water partition coefficient (Wildman–Crippen LogP) is 20.5. The molecule has 0 bridgehead atoms. The predicted molar refractivity (Wildman–Crippen MR) is 315 cm³/mol. The van der Waals surface area contributed by atoms with Crippen molar-refractivity contribution in [2.75, 3.05) is 19.8 Å². The summed E-state index contributed by atoms with van der Waals surface area (Å²) in [6.45, 7) is 7.45. The molecule has 0 aromatic carbocycles. The summed E-state index contributed by atoms with van der Waals surface area (Å²) in [5, 5.41) is 0. The second kappa shape index (κ2) is 61.1. The van der Waals surface area contributed by atoms with Crippen LogP contribution in [0.4, 0.5) is 0 Å². The van der Waals surface area contributed by atoms with Gasteiger partial charge in [0.25, 0.3) is 0 Å². The molecule has 0 aliphatic heterocycles. The van der Waals surface area contributed by atoms with Crippen LogP contribution in [0.2, 0.25) is 0 Å². The van der Waals surface area contributed by atoms with Gasteiger partial charge in [0, 0.05) is 19.4 Å². The van der Waals surface area contributed by atoms with Crippen molar-refractivity contribution < 1.29 is 23.8 Å². The van der Waals surface area contributed by atoms with Crippen LogP contribution in [-0.2, 0) is 23.8 Å². The lowest BCUT2D eigenvalue weighted by atomic mass is 10.1. The fourth-order valence-electron chi connectivity index (χ4n) is 7.56. The van der Waals surface area contributed by atoms with Crippen molar-refractivity contribution in [3.8, 4) is 0 Å². The van der Waals surface area contributed by atoms with Crippen LogP contribution in [-0.4, -0.2) is 37.9 Å². The second-order valence-corrected chi connectivity index (χ2v) is 18.8. The number of ether oxygens (including phenoxy) is 3. The Morgan fingerprint density at radius 1 is 0.319 bits per heavy atom. The first-order valence-corrected chi connectivity index (χ1v) is 29.4. The molecule has 406 valence electrons. The number of carbonyl (C=O) groups excluding carboxylic acids is 2. The lowest BCUT2D eigenvalue weighted by molar-refractivity contribution is -0.162. The maximum absolute atomic E-state index is 12.9. The molecule has 0 N–H and O–H groups in total. The summed E-state index contributed by atoms with van der Waals surface area (Å²) in [5.74, 6) is -0.521. The van der Waals surface area contributed by atoms with Crippen LogP contribution in [0, 0.1) is 0 Å². The van der Waals surface area contributed by atoms with Crippen LogP contribution in [0.1, 0.15) is 239 Å². The van der Waals surface area contributed by atoms with E-state index in [1.54, 1.807) is 0 Å². The minimum Gasteiger partial charge on any atom is -0.462 e. The Morgan fingerprint density at radius 2 is 0.653 bits per heavy atom. The summed E-state index contributed by atoms with van der Waals surface area (Å²) in [4.78, 5) is 25.5. The van der Waals surface area contributed by atoms with Gasteiger partial charge in [-0.2, -0.15) is 0 Å². The summed E-state index contributed by atoms with van der Waals surface area (Å²) in [6.07, 6.45) is 88.8. The van der Waals surface area contributed by atoms with Crippen molar-refractivity contribution in [2.45, 2.75) is 245 Å². The van der Waals surface area contributed by atoms with Gasteiger partial charge < -0.3 is 14.2 Å². The highest BCUT2D eigenvalue weighted by atomic mass is 16.6. The number of hydrogen-bond acceptors (Lipinski definition) is 5. The van der Waals surface area contributed by atoms with Crippen molar-refractivity contribution in [1.82, 2.24) is 0 Å². The molecule has 5 nitrogen and oxygen atoms in total. The summed E-state index contributed by atoms with van der Waals surface area (Å²) < 4.78 is 17.4. The molecule has 0 saturated carbocycles. The van der Waals surface area contributed by atoms with Crippen LogP contribution in [0.15, 0.2) is 146 Å². The van der Waals surface area contributed by atoms with Gasteiger partial charge in [0.2, 0.25) is 0 Å². The molecule has 0 aromatic heterocycles. The van der Waals surface area contributed by atoms with Gasteiger partial charge in [0.05, 0.1) is 6.61 Å². The second-order valence-electron chi connectivity index (χ2n) is 18.8. The smallest absolute Gasteiger partial charge is 0.306 e. The number of hydrogen-bond donors (Lipinski definition) is 0. The van der Waals surface area contributed by atoms with E-state index in [1.807, 2.05) is 6.08 Å². The van der Waals surface area contributed by atoms with Crippen LogP contribution in [0.3, 0.4) is 0 Å². The average Bonchev–Trinajstić information content (AvgIpc) is 3.38. The van der Waals surface area contributed by atoms with E-state index in [2.05, 4.69) is 161 Å². The van der Waals surface area contributed by atoms with Crippen LogP contribution < -0.4 is 0 Å². The van der Waals surface area contributed by atoms with E-state index in [0.29, 0.717) is 25.9 Å². The Labute approximate surface area is 444 Å². The standard InChI is InChI=1S/C67H108O5/c1-4-7-10-13-16-19-22-25-28-31-33-35-38-41-44-47-50-53-56-59-62-70-63-65(72-67(69)61-58-55-52-49-46-43-40-36-30-27-24-21-18-15-12-9-6-3)64-71-66(68)60-57-54-51-48-45-42-39-37-34-32-29-26-23-20-17-14-11-8-5-2/h7-8,10-11,16-17,19-20,25-30,33-35,37,41-42,44-45,51,54,65H,4-6,9,12-15,18,21-24,31-32,36,38-40,43,46-50,52-53,55-64H2,1-3H3/b10-7-,11-8-,19-16-,20-17-,28-25-,29-26-,30-27-,35-33-,37-34-,44-41-,45-42-,54-51-. The molecule has 72 heavy (non-hydrogen) atoms. The molecule has 0 radical (unpaired) electrons. The maximum atomic E-state index is 12.9. The van der Waals surface area contributed by atoms with Crippen LogP contribution in [0.5, 0.6) is 0 Å². The topological polar surface area (TPSA) is 61.8 Å². The molecule has 0 aliphatic carbocycles. The third-order valence-corrected chi connectivity index (χ3v) is 11.9. The van der Waals surface area contributed by atoms with Crippen molar-refractivity contribution in [1.29, 1.82) is 0 Å². The Morgan fingerprint density at radius 3 is 1.07 bits per heavy atom. The number of esters is 2. The molecule has 0 aromatic rings. The Balaban J connectivity index is 4.48. The molecule has 0 heterocycles. The van der Waals surface area contributed by atoms with Gasteiger partial charge in [-0.15, -0.1) is 0 Å². The average molecular weight is 994 g/mol. The molecule has 0 fully saturated rings. The zero-order valence-corrected chi connectivity index (χ0v) is 46.6. The molecule has 5 heteroatoms. The van der Waals surface area contributed by atoms with E-state index >= 15 is 0 Å². The monoisotopic (exact) mass is 993 g/mol. The van der Waals surface area contributed by atoms with Gasteiger partial charge in [0.15, 0.2) is 6.10 Å². The number of allylic oxidation sites excluding steroid dienone is 24. The van der Waals surface area contributed by atoms with Gasteiger partial charge in [-0.1, -0.05) is 244 Å². The maximum Gasteiger partial charge on any atom is 0.306 e. The van der Waals surface area contributed by atoms with E-state index in [0.717, 1.165) is 122 Å². The number of rotatable bonds is 52. The summed E-state index contributed by atoms with van der Waals surface area (Å²) >= 11 is 0. The highest BCUT2D eigenvalue weighted by Crippen LogP contribution is 2.13. The molecule has 0 aliphatic rings. The molecule has 0 saturated heterocycles. The SMILES string of the molecule is CC/C=C\C/C=C\C/C=C\C/C=C\C/C=C\C/C=C\CCC(=O)OCC(COCCCCCC/C=C\C/C=C\C/C=C\C/C=C\C/C=C\CC)OC(=O)CCCCCCCCC/C=C\CCCCCCCC.